The SMILES string of the molecule is C=C(C(C)C)[C@@H](CC(=O)OC)c1ccccc1. The van der Waals surface area contributed by atoms with Gasteiger partial charge in [0, 0.05) is 5.92 Å². The largest absolute Gasteiger partial charge is 0.469 e. The number of esters is 1. The van der Waals surface area contributed by atoms with Gasteiger partial charge in [0.15, 0.2) is 0 Å². The molecule has 0 aliphatic rings. The van der Waals surface area contributed by atoms with Gasteiger partial charge in [-0.1, -0.05) is 56.3 Å². The minimum Gasteiger partial charge on any atom is -0.469 e. The maximum Gasteiger partial charge on any atom is 0.306 e. The number of hydrogen-bond donors (Lipinski definition) is 0. The summed E-state index contributed by atoms with van der Waals surface area (Å²) < 4.78 is 4.75. The van der Waals surface area contributed by atoms with Crippen LogP contribution >= 0.6 is 0 Å². The van der Waals surface area contributed by atoms with Crippen LogP contribution in [0.4, 0.5) is 0 Å². The molecule has 1 rings (SSSR count). The van der Waals surface area contributed by atoms with E-state index in [0.29, 0.717) is 12.3 Å². The predicted octanol–water partition coefficient (Wildman–Crippen LogP) is 3.55. The summed E-state index contributed by atoms with van der Waals surface area (Å²) >= 11 is 0. The van der Waals surface area contributed by atoms with E-state index in [0.717, 1.165) is 11.1 Å². The summed E-state index contributed by atoms with van der Waals surface area (Å²) in [5.74, 6) is 0.203. The Hall–Kier alpha value is -1.57. The Morgan fingerprint density at radius 2 is 1.88 bits per heavy atom. The van der Waals surface area contributed by atoms with Gasteiger partial charge in [-0.3, -0.25) is 4.79 Å². The summed E-state index contributed by atoms with van der Waals surface area (Å²) in [5, 5.41) is 0. The fraction of sp³-hybridized carbons (Fsp3) is 0.400. The smallest absolute Gasteiger partial charge is 0.306 e. The number of rotatable bonds is 5. The number of benzene rings is 1. The van der Waals surface area contributed by atoms with E-state index in [1.54, 1.807) is 0 Å². The van der Waals surface area contributed by atoms with Crippen LogP contribution in [0, 0.1) is 5.92 Å². The van der Waals surface area contributed by atoms with Crippen molar-refractivity contribution in [3.8, 4) is 0 Å². The summed E-state index contributed by atoms with van der Waals surface area (Å²) in [4.78, 5) is 11.5. The van der Waals surface area contributed by atoms with Crippen molar-refractivity contribution in [1.82, 2.24) is 0 Å². The molecule has 1 aromatic rings. The molecule has 0 radical (unpaired) electrons. The maximum absolute atomic E-state index is 11.5. The maximum atomic E-state index is 11.5. The van der Waals surface area contributed by atoms with E-state index in [1.807, 2.05) is 30.3 Å². The number of carbonyl (C=O) groups excluding carboxylic acids is 1. The average molecular weight is 232 g/mol. The van der Waals surface area contributed by atoms with Gasteiger partial charge >= 0.3 is 5.97 Å². The molecule has 0 saturated carbocycles. The van der Waals surface area contributed by atoms with Crippen molar-refractivity contribution in [3.05, 3.63) is 48.0 Å². The Morgan fingerprint density at radius 3 is 2.35 bits per heavy atom. The molecule has 92 valence electrons. The highest BCUT2D eigenvalue weighted by atomic mass is 16.5. The van der Waals surface area contributed by atoms with Crippen molar-refractivity contribution >= 4 is 5.97 Å². The third-order valence-electron chi connectivity index (χ3n) is 2.99. The number of ether oxygens (including phenoxy) is 1. The first-order valence-corrected chi connectivity index (χ1v) is 5.86. The van der Waals surface area contributed by atoms with Crippen LogP contribution in [0.3, 0.4) is 0 Å². The Morgan fingerprint density at radius 1 is 1.29 bits per heavy atom. The zero-order valence-electron chi connectivity index (χ0n) is 10.8. The van der Waals surface area contributed by atoms with Gasteiger partial charge in [-0.25, -0.2) is 0 Å². The quantitative estimate of drug-likeness (QED) is 0.573. The molecule has 0 aliphatic carbocycles. The Balaban J connectivity index is 2.94. The van der Waals surface area contributed by atoms with Crippen LogP contribution in [0.15, 0.2) is 42.5 Å². The molecule has 2 nitrogen and oxygen atoms in total. The van der Waals surface area contributed by atoms with E-state index < -0.39 is 0 Å². The molecule has 0 spiro atoms. The van der Waals surface area contributed by atoms with Gasteiger partial charge in [-0.15, -0.1) is 0 Å². The van der Waals surface area contributed by atoms with Crippen LogP contribution < -0.4 is 0 Å². The van der Waals surface area contributed by atoms with Crippen LogP contribution in [-0.4, -0.2) is 13.1 Å². The van der Waals surface area contributed by atoms with Gasteiger partial charge < -0.3 is 4.74 Å². The summed E-state index contributed by atoms with van der Waals surface area (Å²) in [7, 11) is 1.42. The van der Waals surface area contributed by atoms with Crippen LogP contribution in [0.2, 0.25) is 0 Å². The van der Waals surface area contributed by atoms with E-state index in [1.165, 1.54) is 7.11 Å². The zero-order valence-corrected chi connectivity index (χ0v) is 10.8. The molecule has 0 aliphatic heterocycles. The predicted molar refractivity (Wildman–Crippen MR) is 69.8 cm³/mol. The van der Waals surface area contributed by atoms with Crippen molar-refractivity contribution in [2.24, 2.45) is 5.92 Å². The van der Waals surface area contributed by atoms with Crippen LogP contribution in [0.5, 0.6) is 0 Å². The van der Waals surface area contributed by atoms with E-state index >= 15 is 0 Å². The minimum absolute atomic E-state index is 0.0450. The molecule has 1 aromatic carbocycles. The topological polar surface area (TPSA) is 26.3 Å². The van der Waals surface area contributed by atoms with Gasteiger partial charge in [-0.05, 0) is 11.5 Å². The lowest BCUT2D eigenvalue weighted by Crippen LogP contribution is -2.13. The highest BCUT2D eigenvalue weighted by molar-refractivity contribution is 5.71. The van der Waals surface area contributed by atoms with Gasteiger partial charge in [0.25, 0.3) is 0 Å². The molecule has 0 unspecified atom stereocenters. The van der Waals surface area contributed by atoms with E-state index in [-0.39, 0.29) is 11.9 Å². The fourth-order valence-electron chi connectivity index (χ4n) is 1.80. The van der Waals surface area contributed by atoms with E-state index in [9.17, 15) is 4.79 Å². The Kier molecular flexibility index (Phi) is 4.95. The van der Waals surface area contributed by atoms with Gasteiger partial charge in [-0.2, -0.15) is 0 Å². The molecule has 0 bridgehead atoms. The molecule has 0 heterocycles. The van der Waals surface area contributed by atoms with Gasteiger partial charge in [0.05, 0.1) is 13.5 Å². The lowest BCUT2D eigenvalue weighted by molar-refractivity contribution is -0.140. The molecule has 0 amide bonds. The molecule has 0 fully saturated rings. The van der Waals surface area contributed by atoms with E-state index in [2.05, 4.69) is 20.4 Å². The monoisotopic (exact) mass is 232 g/mol. The number of methoxy groups -OCH3 is 1. The lowest BCUT2D eigenvalue weighted by atomic mass is 9.84. The second-order valence-electron chi connectivity index (χ2n) is 4.47. The van der Waals surface area contributed by atoms with E-state index in [4.69, 9.17) is 4.74 Å². The third-order valence-corrected chi connectivity index (χ3v) is 2.99. The van der Waals surface area contributed by atoms with Crippen molar-refractivity contribution in [2.45, 2.75) is 26.2 Å². The van der Waals surface area contributed by atoms with Crippen LogP contribution in [-0.2, 0) is 9.53 Å². The molecule has 0 saturated heterocycles. The molecule has 0 N–H and O–H groups in total. The fourth-order valence-corrected chi connectivity index (χ4v) is 1.80. The first kappa shape index (κ1) is 13.5. The highest BCUT2D eigenvalue weighted by Gasteiger charge is 2.21. The zero-order chi connectivity index (χ0) is 12.8. The summed E-state index contributed by atoms with van der Waals surface area (Å²) in [6.07, 6.45) is 0.359. The Labute approximate surface area is 103 Å². The molecule has 0 aromatic heterocycles. The molecular formula is C15H20O2. The third kappa shape index (κ3) is 3.74. The number of allylic oxidation sites excluding steroid dienone is 1. The van der Waals surface area contributed by atoms with Crippen molar-refractivity contribution in [1.29, 1.82) is 0 Å². The highest BCUT2D eigenvalue weighted by Crippen LogP contribution is 2.31. The molecule has 2 heteroatoms. The normalized spacial score (nSPS) is 12.2. The lowest BCUT2D eigenvalue weighted by Gasteiger charge is -2.21. The molecular weight excluding hydrogens is 212 g/mol. The summed E-state index contributed by atoms with van der Waals surface area (Å²) in [5.41, 5.74) is 2.19. The second-order valence-corrected chi connectivity index (χ2v) is 4.47. The van der Waals surface area contributed by atoms with Crippen LogP contribution in [0.25, 0.3) is 0 Å². The van der Waals surface area contributed by atoms with Gasteiger partial charge in [0.1, 0.15) is 0 Å². The summed E-state index contributed by atoms with van der Waals surface area (Å²) in [6, 6.07) is 9.99. The van der Waals surface area contributed by atoms with Crippen molar-refractivity contribution in [2.75, 3.05) is 7.11 Å². The first-order chi connectivity index (χ1) is 8.06. The molecule has 1 atom stereocenters. The van der Waals surface area contributed by atoms with Crippen LogP contribution in [0.1, 0.15) is 31.7 Å². The standard InChI is InChI=1S/C15H20O2/c1-11(2)12(3)14(10-15(16)17-4)13-8-6-5-7-9-13/h5-9,11,14H,3,10H2,1-2,4H3/t14-/m1/s1. The number of carbonyl (C=O) groups is 1. The van der Waals surface area contributed by atoms with Crippen molar-refractivity contribution < 1.29 is 9.53 Å². The average Bonchev–Trinajstić information content (AvgIpc) is 2.35. The minimum atomic E-state index is -0.194. The van der Waals surface area contributed by atoms with Gasteiger partial charge in [0.2, 0.25) is 0 Å². The van der Waals surface area contributed by atoms with Crippen molar-refractivity contribution in [3.63, 3.8) is 0 Å². The number of hydrogen-bond acceptors (Lipinski definition) is 2. The summed E-state index contributed by atoms with van der Waals surface area (Å²) in [6.45, 7) is 8.30. The second kappa shape index (κ2) is 6.24. The Bertz CT molecular complexity index is 379. The molecule has 17 heavy (non-hydrogen) atoms. The first-order valence-electron chi connectivity index (χ1n) is 5.86.